The molecule has 5 heteroatoms. The van der Waals surface area contributed by atoms with Crippen molar-refractivity contribution in [2.75, 3.05) is 6.54 Å². The SMILES string of the molecule is CCCC(C)NCC(NC(C)=O)C(=O)O. The number of nitrogens with one attached hydrogen (secondary N) is 2. The third kappa shape index (κ3) is 6.90. The van der Waals surface area contributed by atoms with E-state index in [2.05, 4.69) is 17.6 Å². The molecule has 1 amide bonds. The molecule has 2 unspecified atom stereocenters. The molecule has 0 rings (SSSR count). The van der Waals surface area contributed by atoms with E-state index < -0.39 is 12.0 Å². The molecule has 15 heavy (non-hydrogen) atoms. The number of carbonyl (C=O) groups is 2. The summed E-state index contributed by atoms with van der Waals surface area (Å²) < 4.78 is 0. The molecule has 0 aromatic heterocycles. The van der Waals surface area contributed by atoms with Crippen molar-refractivity contribution in [3.05, 3.63) is 0 Å². The van der Waals surface area contributed by atoms with Crippen LogP contribution >= 0.6 is 0 Å². The number of carbonyl (C=O) groups excluding carboxylic acids is 1. The zero-order valence-electron chi connectivity index (χ0n) is 9.54. The summed E-state index contributed by atoms with van der Waals surface area (Å²) in [5, 5.41) is 14.3. The second-order valence-corrected chi connectivity index (χ2v) is 3.69. The van der Waals surface area contributed by atoms with Crippen LogP contribution in [0.15, 0.2) is 0 Å². The van der Waals surface area contributed by atoms with Crippen LogP contribution < -0.4 is 10.6 Å². The van der Waals surface area contributed by atoms with Gasteiger partial charge >= 0.3 is 5.97 Å². The standard InChI is InChI=1S/C10H20N2O3/c1-4-5-7(2)11-6-9(10(14)15)12-8(3)13/h7,9,11H,4-6H2,1-3H3,(H,12,13)(H,14,15). The van der Waals surface area contributed by atoms with Crippen molar-refractivity contribution in [3.63, 3.8) is 0 Å². The first-order chi connectivity index (χ1) is 6.97. The number of aliphatic carboxylic acids is 1. The first-order valence-corrected chi connectivity index (χ1v) is 5.20. The first kappa shape index (κ1) is 13.9. The Morgan fingerprint density at radius 2 is 2.00 bits per heavy atom. The highest BCUT2D eigenvalue weighted by molar-refractivity contribution is 5.82. The van der Waals surface area contributed by atoms with Gasteiger partial charge in [-0.15, -0.1) is 0 Å². The first-order valence-electron chi connectivity index (χ1n) is 5.20. The van der Waals surface area contributed by atoms with Gasteiger partial charge in [0.25, 0.3) is 0 Å². The molecule has 0 aliphatic heterocycles. The maximum atomic E-state index is 10.8. The molecule has 0 aromatic carbocycles. The Balaban J connectivity index is 3.96. The summed E-state index contributed by atoms with van der Waals surface area (Å²) in [6.07, 6.45) is 2.04. The summed E-state index contributed by atoms with van der Waals surface area (Å²) in [5.41, 5.74) is 0. The molecule has 3 N–H and O–H groups in total. The van der Waals surface area contributed by atoms with E-state index in [-0.39, 0.29) is 18.5 Å². The summed E-state index contributed by atoms with van der Waals surface area (Å²) in [4.78, 5) is 21.5. The lowest BCUT2D eigenvalue weighted by Gasteiger charge is -2.17. The van der Waals surface area contributed by atoms with Gasteiger partial charge in [0.1, 0.15) is 6.04 Å². The van der Waals surface area contributed by atoms with Crippen LogP contribution in [0.4, 0.5) is 0 Å². The van der Waals surface area contributed by atoms with E-state index in [1.165, 1.54) is 6.92 Å². The molecule has 0 bridgehead atoms. The van der Waals surface area contributed by atoms with Crippen LogP contribution in [0.3, 0.4) is 0 Å². The van der Waals surface area contributed by atoms with Gasteiger partial charge in [-0.3, -0.25) is 4.79 Å². The Morgan fingerprint density at radius 3 is 2.40 bits per heavy atom. The van der Waals surface area contributed by atoms with Gasteiger partial charge < -0.3 is 15.7 Å². The summed E-state index contributed by atoms with van der Waals surface area (Å²) in [7, 11) is 0. The number of carboxylic acids is 1. The van der Waals surface area contributed by atoms with Gasteiger partial charge in [0.05, 0.1) is 0 Å². The molecule has 0 aromatic rings. The van der Waals surface area contributed by atoms with Crippen molar-refractivity contribution >= 4 is 11.9 Å². The smallest absolute Gasteiger partial charge is 0.327 e. The highest BCUT2D eigenvalue weighted by atomic mass is 16.4. The fourth-order valence-corrected chi connectivity index (χ4v) is 1.30. The predicted molar refractivity (Wildman–Crippen MR) is 57.6 cm³/mol. The van der Waals surface area contributed by atoms with E-state index in [0.717, 1.165) is 12.8 Å². The van der Waals surface area contributed by atoms with Gasteiger partial charge in [-0.25, -0.2) is 4.79 Å². The number of carboxylic acid groups (broad SMARTS) is 1. The minimum absolute atomic E-state index is 0.260. The average molecular weight is 216 g/mol. The molecule has 2 atom stereocenters. The van der Waals surface area contributed by atoms with E-state index in [1.54, 1.807) is 0 Å². The van der Waals surface area contributed by atoms with Crippen molar-refractivity contribution < 1.29 is 14.7 Å². The van der Waals surface area contributed by atoms with E-state index in [1.807, 2.05) is 6.92 Å². The van der Waals surface area contributed by atoms with Crippen molar-refractivity contribution in [2.45, 2.75) is 45.7 Å². The Hall–Kier alpha value is -1.10. The van der Waals surface area contributed by atoms with Crippen LogP contribution in [0.5, 0.6) is 0 Å². The van der Waals surface area contributed by atoms with E-state index in [0.29, 0.717) is 0 Å². The van der Waals surface area contributed by atoms with Crippen molar-refractivity contribution in [2.24, 2.45) is 0 Å². The molecule has 0 spiro atoms. The molecule has 0 radical (unpaired) electrons. The van der Waals surface area contributed by atoms with Gasteiger partial charge in [0, 0.05) is 19.5 Å². The second kappa shape index (κ2) is 7.23. The Morgan fingerprint density at radius 1 is 1.40 bits per heavy atom. The van der Waals surface area contributed by atoms with Crippen LogP contribution in [0, 0.1) is 0 Å². The van der Waals surface area contributed by atoms with E-state index in [9.17, 15) is 9.59 Å². The molecule has 0 aliphatic rings. The molecule has 0 fully saturated rings. The third-order valence-electron chi connectivity index (χ3n) is 2.07. The summed E-state index contributed by atoms with van der Waals surface area (Å²) in [5.74, 6) is -1.34. The van der Waals surface area contributed by atoms with E-state index in [4.69, 9.17) is 5.11 Å². The van der Waals surface area contributed by atoms with Crippen LogP contribution in [-0.4, -0.2) is 35.6 Å². The number of rotatable bonds is 7. The molecular formula is C10H20N2O3. The number of hydrogen-bond acceptors (Lipinski definition) is 3. The van der Waals surface area contributed by atoms with Crippen molar-refractivity contribution in [1.82, 2.24) is 10.6 Å². The maximum Gasteiger partial charge on any atom is 0.327 e. The van der Waals surface area contributed by atoms with Crippen LogP contribution in [0.25, 0.3) is 0 Å². The Kier molecular flexibility index (Phi) is 6.70. The van der Waals surface area contributed by atoms with Crippen molar-refractivity contribution in [3.8, 4) is 0 Å². The lowest BCUT2D eigenvalue weighted by Crippen LogP contribution is -2.48. The monoisotopic (exact) mass is 216 g/mol. The summed E-state index contributed by atoms with van der Waals surface area (Å²) in [6, 6.07) is -0.576. The topological polar surface area (TPSA) is 78.4 Å². The zero-order chi connectivity index (χ0) is 11.8. The number of amides is 1. The second-order valence-electron chi connectivity index (χ2n) is 3.69. The fourth-order valence-electron chi connectivity index (χ4n) is 1.30. The highest BCUT2D eigenvalue weighted by Crippen LogP contribution is 1.95. The minimum atomic E-state index is -1.01. The molecule has 0 aliphatic carbocycles. The predicted octanol–water partition coefficient (Wildman–Crippen LogP) is 0.354. The molecule has 0 heterocycles. The summed E-state index contributed by atoms with van der Waals surface area (Å²) >= 11 is 0. The molecule has 0 saturated heterocycles. The highest BCUT2D eigenvalue weighted by Gasteiger charge is 2.18. The van der Waals surface area contributed by atoms with Gasteiger partial charge in [0.2, 0.25) is 5.91 Å². The van der Waals surface area contributed by atoms with Gasteiger partial charge in [-0.1, -0.05) is 13.3 Å². The minimum Gasteiger partial charge on any atom is -0.480 e. The van der Waals surface area contributed by atoms with Crippen LogP contribution in [-0.2, 0) is 9.59 Å². The molecule has 88 valence electrons. The summed E-state index contributed by atoms with van der Waals surface area (Å²) in [6.45, 7) is 5.64. The third-order valence-corrected chi connectivity index (χ3v) is 2.07. The fraction of sp³-hybridized carbons (Fsp3) is 0.800. The largest absolute Gasteiger partial charge is 0.480 e. The van der Waals surface area contributed by atoms with Crippen LogP contribution in [0.1, 0.15) is 33.6 Å². The van der Waals surface area contributed by atoms with Gasteiger partial charge in [-0.05, 0) is 13.3 Å². The lowest BCUT2D eigenvalue weighted by molar-refractivity contribution is -0.141. The van der Waals surface area contributed by atoms with Gasteiger partial charge in [0.15, 0.2) is 0 Å². The normalized spacial score (nSPS) is 14.3. The van der Waals surface area contributed by atoms with Gasteiger partial charge in [-0.2, -0.15) is 0 Å². The van der Waals surface area contributed by atoms with E-state index >= 15 is 0 Å². The molecular weight excluding hydrogens is 196 g/mol. The zero-order valence-corrected chi connectivity index (χ0v) is 9.54. The van der Waals surface area contributed by atoms with Crippen LogP contribution in [0.2, 0.25) is 0 Å². The number of hydrogen-bond donors (Lipinski definition) is 3. The quantitative estimate of drug-likeness (QED) is 0.574. The maximum absolute atomic E-state index is 10.8. The molecule has 5 nitrogen and oxygen atoms in total. The Bertz CT molecular complexity index is 219. The average Bonchev–Trinajstić information content (AvgIpc) is 2.11. The lowest BCUT2D eigenvalue weighted by atomic mass is 10.2. The molecule has 0 saturated carbocycles. The van der Waals surface area contributed by atoms with Crippen molar-refractivity contribution in [1.29, 1.82) is 0 Å². The Labute approximate surface area is 90.2 Å².